The summed E-state index contributed by atoms with van der Waals surface area (Å²) in [5.74, 6) is -1.08. The number of nitrogens with zero attached hydrogens (tertiary/aromatic N) is 3. The Balaban J connectivity index is 1.44. The first kappa shape index (κ1) is 23.1. The maximum atomic E-state index is 13.4. The van der Waals surface area contributed by atoms with E-state index in [-0.39, 0.29) is 24.2 Å². The van der Waals surface area contributed by atoms with Crippen molar-refractivity contribution in [2.24, 2.45) is 5.92 Å². The van der Waals surface area contributed by atoms with Crippen molar-refractivity contribution in [2.75, 3.05) is 29.4 Å². The minimum Gasteiger partial charge on any atom is -0.368 e. The topological polar surface area (TPSA) is 48.5 Å². The normalized spacial score (nSPS) is 19.7. The molecule has 1 N–H and O–H groups in total. The van der Waals surface area contributed by atoms with Crippen LogP contribution in [0.5, 0.6) is 0 Å². The zero-order chi connectivity index (χ0) is 24.6. The number of hydrogen-bond acceptors (Lipinski definition) is 4. The number of carbonyl (C=O) groups excluding carboxylic acids is 1. The van der Waals surface area contributed by atoms with Gasteiger partial charge >= 0.3 is 6.18 Å². The lowest BCUT2D eigenvalue weighted by molar-refractivity contribution is -0.137. The Kier molecular flexibility index (Phi) is 6.08. The molecule has 5 rings (SSSR count). The Bertz CT molecular complexity index is 1200. The molecule has 182 valence electrons. The fraction of sp³-hybridized carbons (Fsp3) is 0.308. The van der Waals surface area contributed by atoms with Gasteiger partial charge in [-0.05, 0) is 72.1 Å². The molecule has 1 amide bonds. The number of pyridine rings is 1. The SMILES string of the molecule is O=C(NCc1ccncc1)[C@H]1Cc2cc(C(F)(F)F)ccc2N2CCN(c3ccc(F)cc3)C[C@@H]12. The van der Waals surface area contributed by atoms with Crippen LogP contribution in [0, 0.1) is 11.7 Å². The molecule has 2 aromatic carbocycles. The molecular weight excluding hydrogens is 460 g/mol. The number of anilines is 2. The molecule has 9 heteroatoms. The summed E-state index contributed by atoms with van der Waals surface area (Å²) in [5, 5.41) is 2.96. The second kappa shape index (κ2) is 9.20. The van der Waals surface area contributed by atoms with Gasteiger partial charge in [0, 0.05) is 49.9 Å². The Morgan fingerprint density at radius 3 is 2.49 bits per heavy atom. The number of halogens is 4. The molecule has 35 heavy (non-hydrogen) atoms. The third-order valence-electron chi connectivity index (χ3n) is 6.78. The summed E-state index contributed by atoms with van der Waals surface area (Å²) in [6, 6.07) is 13.4. The summed E-state index contributed by atoms with van der Waals surface area (Å²) < 4.78 is 53.6. The fourth-order valence-corrected chi connectivity index (χ4v) is 5.01. The number of nitrogens with one attached hydrogen (secondary N) is 1. The third-order valence-corrected chi connectivity index (χ3v) is 6.78. The Labute approximate surface area is 200 Å². The molecule has 1 fully saturated rings. The number of amides is 1. The number of piperazine rings is 1. The molecule has 0 spiro atoms. The van der Waals surface area contributed by atoms with Gasteiger partial charge in [0.2, 0.25) is 5.91 Å². The van der Waals surface area contributed by atoms with E-state index in [4.69, 9.17) is 0 Å². The highest BCUT2D eigenvalue weighted by Crippen LogP contribution is 2.40. The molecule has 5 nitrogen and oxygen atoms in total. The van der Waals surface area contributed by atoms with Crippen molar-refractivity contribution in [3.63, 3.8) is 0 Å². The van der Waals surface area contributed by atoms with Gasteiger partial charge < -0.3 is 15.1 Å². The van der Waals surface area contributed by atoms with Crippen LogP contribution in [0.1, 0.15) is 16.7 Å². The monoisotopic (exact) mass is 484 g/mol. The van der Waals surface area contributed by atoms with Crippen LogP contribution in [0.3, 0.4) is 0 Å². The lowest BCUT2D eigenvalue weighted by Crippen LogP contribution is -2.61. The van der Waals surface area contributed by atoms with E-state index in [9.17, 15) is 22.4 Å². The van der Waals surface area contributed by atoms with E-state index < -0.39 is 17.7 Å². The molecular formula is C26H24F4N4O. The van der Waals surface area contributed by atoms with Crippen LogP contribution >= 0.6 is 0 Å². The molecule has 0 radical (unpaired) electrons. The molecule has 0 bridgehead atoms. The van der Waals surface area contributed by atoms with Gasteiger partial charge in [-0.2, -0.15) is 13.2 Å². The van der Waals surface area contributed by atoms with Gasteiger partial charge in [-0.3, -0.25) is 9.78 Å². The number of fused-ring (bicyclic) bond motifs is 3. The van der Waals surface area contributed by atoms with Gasteiger partial charge in [0.05, 0.1) is 17.5 Å². The fourth-order valence-electron chi connectivity index (χ4n) is 5.01. The first-order valence-electron chi connectivity index (χ1n) is 11.4. The van der Waals surface area contributed by atoms with Gasteiger partial charge in [-0.25, -0.2) is 4.39 Å². The van der Waals surface area contributed by atoms with Crippen molar-refractivity contribution in [1.82, 2.24) is 10.3 Å². The second-order valence-corrected chi connectivity index (χ2v) is 8.91. The third kappa shape index (κ3) is 4.80. The molecule has 1 saturated heterocycles. The van der Waals surface area contributed by atoms with Crippen molar-refractivity contribution in [3.8, 4) is 0 Å². The van der Waals surface area contributed by atoms with Gasteiger partial charge in [0.1, 0.15) is 5.82 Å². The lowest BCUT2D eigenvalue weighted by atomic mass is 9.82. The van der Waals surface area contributed by atoms with Crippen LogP contribution in [0.4, 0.5) is 28.9 Å². The zero-order valence-electron chi connectivity index (χ0n) is 18.8. The van der Waals surface area contributed by atoms with Crippen molar-refractivity contribution in [1.29, 1.82) is 0 Å². The first-order chi connectivity index (χ1) is 16.8. The molecule has 0 unspecified atom stereocenters. The summed E-state index contributed by atoms with van der Waals surface area (Å²) in [6.07, 6.45) is -0.965. The molecule has 0 saturated carbocycles. The summed E-state index contributed by atoms with van der Waals surface area (Å²) in [4.78, 5) is 21.5. The van der Waals surface area contributed by atoms with E-state index >= 15 is 0 Å². The number of benzene rings is 2. The quantitative estimate of drug-likeness (QED) is 0.557. The number of carbonyl (C=O) groups is 1. The van der Waals surface area contributed by atoms with Crippen LogP contribution in [0.2, 0.25) is 0 Å². The summed E-state index contributed by atoms with van der Waals surface area (Å²) >= 11 is 0. The van der Waals surface area contributed by atoms with E-state index in [1.807, 2.05) is 0 Å². The number of rotatable bonds is 4. The maximum Gasteiger partial charge on any atom is 0.416 e. The first-order valence-corrected chi connectivity index (χ1v) is 11.4. The molecule has 2 aliphatic heterocycles. The minimum absolute atomic E-state index is 0.208. The van der Waals surface area contributed by atoms with Crippen LogP contribution in [0.15, 0.2) is 67.0 Å². The van der Waals surface area contributed by atoms with Gasteiger partial charge in [0.15, 0.2) is 0 Å². The number of aromatic nitrogens is 1. The number of alkyl halides is 3. The summed E-state index contributed by atoms with van der Waals surface area (Å²) in [5.41, 5.74) is 2.28. The van der Waals surface area contributed by atoms with Crippen LogP contribution in [0.25, 0.3) is 0 Å². The van der Waals surface area contributed by atoms with Crippen LogP contribution in [-0.2, 0) is 23.9 Å². The van der Waals surface area contributed by atoms with E-state index in [1.165, 1.54) is 24.3 Å². The largest absolute Gasteiger partial charge is 0.416 e. The highest BCUT2D eigenvalue weighted by molar-refractivity contribution is 5.82. The predicted molar refractivity (Wildman–Crippen MR) is 124 cm³/mol. The Morgan fingerprint density at radius 1 is 1.03 bits per heavy atom. The summed E-state index contributed by atoms with van der Waals surface area (Å²) in [6.45, 7) is 1.95. The van der Waals surface area contributed by atoms with Crippen LogP contribution < -0.4 is 15.1 Å². The van der Waals surface area contributed by atoms with E-state index in [0.717, 1.165) is 23.0 Å². The number of hydrogen-bond donors (Lipinski definition) is 1. The summed E-state index contributed by atoms with van der Waals surface area (Å²) in [7, 11) is 0. The van der Waals surface area contributed by atoms with Gasteiger partial charge in [-0.15, -0.1) is 0 Å². The average molecular weight is 484 g/mol. The standard InChI is InChI=1S/C26H24F4N4O/c27-20-2-4-21(5-3-20)33-11-12-34-23-6-1-19(26(28,29)30)13-18(23)14-22(24(34)16-33)25(35)32-15-17-7-9-31-10-8-17/h1-10,13,22,24H,11-12,14-16H2,(H,32,35)/t22-,24-/m0/s1. The lowest BCUT2D eigenvalue weighted by Gasteiger charge is -2.49. The highest BCUT2D eigenvalue weighted by Gasteiger charge is 2.42. The van der Waals surface area contributed by atoms with Crippen molar-refractivity contribution in [3.05, 3.63) is 89.5 Å². The highest BCUT2D eigenvalue weighted by atomic mass is 19.4. The van der Waals surface area contributed by atoms with Crippen molar-refractivity contribution < 1.29 is 22.4 Å². The predicted octanol–water partition coefficient (Wildman–Crippen LogP) is 4.42. The molecule has 3 aromatic rings. The van der Waals surface area contributed by atoms with Gasteiger partial charge in [0.25, 0.3) is 0 Å². The van der Waals surface area contributed by atoms with Gasteiger partial charge in [-0.1, -0.05) is 0 Å². The van der Waals surface area contributed by atoms with E-state index in [1.54, 1.807) is 36.7 Å². The van der Waals surface area contributed by atoms with E-state index in [2.05, 4.69) is 20.1 Å². The Hall–Kier alpha value is -3.62. The molecule has 2 aliphatic rings. The van der Waals surface area contributed by atoms with E-state index in [0.29, 0.717) is 31.7 Å². The molecule has 1 aromatic heterocycles. The second-order valence-electron chi connectivity index (χ2n) is 8.91. The zero-order valence-corrected chi connectivity index (χ0v) is 18.8. The molecule has 0 aliphatic carbocycles. The average Bonchev–Trinajstić information content (AvgIpc) is 2.86. The van der Waals surface area contributed by atoms with Crippen LogP contribution in [-0.4, -0.2) is 36.6 Å². The van der Waals surface area contributed by atoms with Crippen molar-refractivity contribution in [2.45, 2.75) is 25.2 Å². The molecule has 3 heterocycles. The smallest absolute Gasteiger partial charge is 0.368 e. The molecule has 2 atom stereocenters. The minimum atomic E-state index is -4.45. The Morgan fingerprint density at radius 2 is 1.77 bits per heavy atom. The van der Waals surface area contributed by atoms with Crippen molar-refractivity contribution >= 4 is 17.3 Å². The maximum absolute atomic E-state index is 13.4.